The van der Waals surface area contributed by atoms with Crippen molar-refractivity contribution in [2.75, 3.05) is 18.0 Å². The molecule has 0 saturated heterocycles. The van der Waals surface area contributed by atoms with Gasteiger partial charge in [0.1, 0.15) is 5.82 Å². The van der Waals surface area contributed by atoms with E-state index >= 15 is 0 Å². The van der Waals surface area contributed by atoms with Crippen molar-refractivity contribution in [3.8, 4) is 17.1 Å². The summed E-state index contributed by atoms with van der Waals surface area (Å²) in [6, 6.07) is 16.4. The molecule has 0 bridgehead atoms. The maximum atomic E-state index is 6.48. The minimum absolute atomic E-state index is 0.744. The van der Waals surface area contributed by atoms with Crippen LogP contribution >= 0.6 is 11.6 Å². The van der Waals surface area contributed by atoms with Crippen LogP contribution in [-0.2, 0) is 0 Å². The molecule has 0 N–H and O–H groups in total. The molecule has 1 aromatic heterocycles. The molecule has 2 heterocycles. The lowest BCUT2D eigenvalue weighted by Gasteiger charge is -2.28. The van der Waals surface area contributed by atoms with Crippen molar-refractivity contribution in [1.29, 1.82) is 0 Å². The van der Waals surface area contributed by atoms with Crippen molar-refractivity contribution in [3.63, 3.8) is 0 Å². The Balaban J connectivity index is 1.85. The second-order valence-electron chi connectivity index (χ2n) is 6.05. The molecule has 0 unspecified atom stereocenters. The van der Waals surface area contributed by atoms with Crippen LogP contribution < -0.4 is 4.90 Å². The molecule has 25 heavy (non-hydrogen) atoms. The van der Waals surface area contributed by atoms with Crippen LogP contribution in [0.5, 0.6) is 0 Å². The number of hydrogen-bond acceptors (Lipinski definition) is 3. The van der Waals surface area contributed by atoms with E-state index in [9.17, 15) is 0 Å². The summed E-state index contributed by atoms with van der Waals surface area (Å²) in [5, 5.41) is 5.36. The highest BCUT2D eigenvalue weighted by atomic mass is 35.5. The van der Waals surface area contributed by atoms with Gasteiger partial charge in [0.2, 0.25) is 0 Å². The number of aromatic nitrogens is 3. The lowest BCUT2D eigenvalue weighted by Crippen LogP contribution is -2.26. The van der Waals surface area contributed by atoms with E-state index in [1.54, 1.807) is 0 Å². The van der Waals surface area contributed by atoms with Gasteiger partial charge in [-0.3, -0.25) is 0 Å². The molecule has 1 aliphatic rings. The van der Waals surface area contributed by atoms with E-state index in [4.69, 9.17) is 11.6 Å². The van der Waals surface area contributed by atoms with Gasteiger partial charge in [0.15, 0.2) is 5.82 Å². The lowest BCUT2D eigenvalue weighted by atomic mass is 10.0. The largest absolute Gasteiger partial charge is 0.367 e. The summed E-state index contributed by atoms with van der Waals surface area (Å²) < 4.78 is 1.88. The standard InChI is InChI=1S/C20H19ClN4/c1-3-24-12-11-18(21)17-13-15(9-10-19(17)24)20-22-14(2)23-25(20)16-7-5-4-6-8-16/h4-11,13H,3,12H2,1-2H3. The number of nitrogens with zero attached hydrogens (tertiary/aromatic N) is 4. The molecule has 2 aromatic carbocycles. The molecule has 5 heteroatoms. The highest BCUT2D eigenvalue weighted by molar-refractivity contribution is 6.49. The molecule has 0 radical (unpaired) electrons. The van der Waals surface area contributed by atoms with Crippen LogP contribution in [0.2, 0.25) is 0 Å². The number of halogens is 1. The van der Waals surface area contributed by atoms with E-state index in [1.165, 1.54) is 5.69 Å². The Morgan fingerprint density at radius 2 is 1.92 bits per heavy atom. The molecule has 1 aliphatic heterocycles. The van der Waals surface area contributed by atoms with Gasteiger partial charge in [-0.15, -0.1) is 0 Å². The predicted molar refractivity (Wildman–Crippen MR) is 103 cm³/mol. The maximum absolute atomic E-state index is 6.48. The molecule has 0 amide bonds. The number of hydrogen-bond donors (Lipinski definition) is 0. The third-order valence-electron chi connectivity index (χ3n) is 4.44. The van der Waals surface area contributed by atoms with E-state index in [0.717, 1.165) is 46.6 Å². The normalized spacial score (nSPS) is 13.6. The Morgan fingerprint density at radius 3 is 2.68 bits per heavy atom. The zero-order valence-corrected chi connectivity index (χ0v) is 15.0. The summed E-state index contributed by atoms with van der Waals surface area (Å²) in [5.41, 5.74) is 4.22. The lowest BCUT2D eigenvalue weighted by molar-refractivity contribution is 0.868. The minimum atomic E-state index is 0.744. The molecule has 0 spiro atoms. The van der Waals surface area contributed by atoms with Crippen molar-refractivity contribution in [2.45, 2.75) is 13.8 Å². The summed E-state index contributed by atoms with van der Waals surface area (Å²) in [7, 11) is 0. The third kappa shape index (κ3) is 2.83. The van der Waals surface area contributed by atoms with Crippen molar-refractivity contribution in [1.82, 2.24) is 14.8 Å². The number of aryl methyl sites for hydroxylation is 1. The first-order valence-electron chi connectivity index (χ1n) is 8.42. The van der Waals surface area contributed by atoms with Crippen LogP contribution in [0, 0.1) is 6.92 Å². The first-order chi connectivity index (χ1) is 12.2. The number of likely N-dealkylation sites (N-methyl/N-ethyl adjacent to an activating group) is 1. The topological polar surface area (TPSA) is 34.0 Å². The van der Waals surface area contributed by atoms with Crippen LogP contribution in [0.1, 0.15) is 18.3 Å². The van der Waals surface area contributed by atoms with Gasteiger partial charge in [-0.05, 0) is 50.3 Å². The Kier molecular flexibility index (Phi) is 4.06. The summed E-state index contributed by atoms with van der Waals surface area (Å²) >= 11 is 6.48. The predicted octanol–water partition coefficient (Wildman–Crippen LogP) is 4.66. The van der Waals surface area contributed by atoms with Crippen molar-refractivity contribution >= 4 is 22.3 Å². The molecule has 0 saturated carbocycles. The number of anilines is 1. The summed E-state index contributed by atoms with van der Waals surface area (Å²) in [6.07, 6.45) is 2.06. The Labute approximate surface area is 152 Å². The first-order valence-corrected chi connectivity index (χ1v) is 8.79. The zero-order chi connectivity index (χ0) is 17.4. The molecule has 4 nitrogen and oxygen atoms in total. The van der Waals surface area contributed by atoms with Crippen molar-refractivity contribution < 1.29 is 0 Å². The van der Waals surface area contributed by atoms with E-state index in [1.807, 2.05) is 41.9 Å². The van der Waals surface area contributed by atoms with Gasteiger partial charge >= 0.3 is 0 Å². The fourth-order valence-corrected chi connectivity index (χ4v) is 3.41. The average molecular weight is 351 g/mol. The van der Waals surface area contributed by atoms with Gasteiger partial charge in [0, 0.05) is 34.9 Å². The zero-order valence-electron chi connectivity index (χ0n) is 14.3. The maximum Gasteiger partial charge on any atom is 0.163 e. The van der Waals surface area contributed by atoms with Gasteiger partial charge in [-0.1, -0.05) is 29.8 Å². The van der Waals surface area contributed by atoms with E-state index in [-0.39, 0.29) is 0 Å². The Hall–Kier alpha value is -2.59. The van der Waals surface area contributed by atoms with Crippen LogP contribution in [0.25, 0.3) is 22.1 Å². The smallest absolute Gasteiger partial charge is 0.163 e. The fourth-order valence-electron chi connectivity index (χ4n) is 3.19. The molecule has 0 atom stereocenters. The Morgan fingerprint density at radius 1 is 1.12 bits per heavy atom. The van der Waals surface area contributed by atoms with Crippen molar-refractivity contribution in [3.05, 3.63) is 66.0 Å². The summed E-state index contributed by atoms with van der Waals surface area (Å²) in [6.45, 7) is 5.86. The number of rotatable bonds is 3. The monoisotopic (exact) mass is 350 g/mol. The molecule has 4 rings (SSSR count). The highest BCUT2D eigenvalue weighted by Gasteiger charge is 2.19. The molecular weight excluding hydrogens is 332 g/mol. The highest BCUT2D eigenvalue weighted by Crippen LogP contribution is 2.36. The molecule has 3 aromatic rings. The fraction of sp³-hybridized carbons (Fsp3) is 0.200. The van der Waals surface area contributed by atoms with E-state index in [0.29, 0.717) is 0 Å². The SMILES string of the molecule is CCN1CC=C(Cl)c2cc(-c3nc(C)nn3-c3ccccc3)ccc21. The average Bonchev–Trinajstić information content (AvgIpc) is 3.04. The van der Waals surface area contributed by atoms with Gasteiger partial charge in [0.05, 0.1) is 5.69 Å². The quantitative estimate of drug-likeness (QED) is 0.688. The summed E-state index contributed by atoms with van der Waals surface area (Å²) in [4.78, 5) is 6.95. The molecule has 0 aliphatic carbocycles. The number of fused-ring (bicyclic) bond motifs is 1. The van der Waals surface area contributed by atoms with Crippen LogP contribution in [0.3, 0.4) is 0 Å². The van der Waals surface area contributed by atoms with E-state index < -0.39 is 0 Å². The molecular formula is C20H19ClN4. The summed E-state index contributed by atoms with van der Waals surface area (Å²) in [5.74, 6) is 1.57. The Bertz CT molecular complexity index is 944. The van der Waals surface area contributed by atoms with Crippen molar-refractivity contribution in [2.24, 2.45) is 0 Å². The molecule has 0 fully saturated rings. The second-order valence-corrected chi connectivity index (χ2v) is 6.46. The van der Waals surface area contributed by atoms with Gasteiger partial charge < -0.3 is 4.90 Å². The first kappa shape index (κ1) is 15.9. The van der Waals surface area contributed by atoms with Crippen LogP contribution in [0.15, 0.2) is 54.6 Å². The van der Waals surface area contributed by atoms with Gasteiger partial charge in [-0.2, -0.15) is 5.10 Å². The second kappa shape index (κ2) is 6.37. The minimum Gasteiger partial charge on any atom is -0.367 e. The number of para-hydroxylation sites is 1. The van der Waals surface area contributed by atoms with Gasteiger partial charge in [0.25, 0.3) is 0 Å². The number of benzene rings is 2. The van der Waals surface area contributed by atoms with Crippen LogP contribution in [0.4, 0.5) is 5.69 Å². The van der Waals surface area contributed by atoms with Gasteiger partial charge in [-0.25, -0.2) is 9.67 Å². The molecule has 126 valence electrons. The third-order valence-corrected chi connectivity index (χ3v) is 4.80. The van der Waals surface area contributed by atoms with Crippen LogP contribution in [-0.4, -0.2) is 27.9 Å². The van der Waals surface area contributed by atoms with E-state index in [2.05, 4.69) is 46.2 Å².